The van der Waals surface area contributed by atoms with Gasteiger partial charge in [-0.3, -0.25) is 9.00 Å². The van der Waals surface area contributed by atoms with Crippen molar-refractivity contribution in [3.8, 4) is 0 Å². The molecule has 0 aliphatic carbocycles. The number of amides is 1. The number of halogens is 1. The fraction of sp³-hybridized carbons (Fsp3) is 0.300. The second-order valence-corrected chi connectivity index (χ2v) is 4.90. The number of rotatable bonds is 4. The highest BCUT2D eigenvalue weighted by Gasteiger charge is 2.15. The molecule has 3 N–H and O–H groups in total. The highest BCUT2D eigenvalue weighted by Crippen LogP contribution is 2.25. The van der Waals surface area contributed by atoms with E-state index in [0.29, 0.717) is 22.2 Å². The first-order valence-electron chi connectivity index (χ1n) is 4.75. The monoisotopic (exact) mass is 260 g/mol. The Morgan fingerprint density at radius 1 is 1.56 bits per heavy atom. The van der Waals surface area contributed by atoms with E-state index in [0.717, 1.165) is 0 Å². The van der Waals surface area contributed by atoms with Crippen molar-refractivity contribution in [2.45, 2.75) is 11.8 Å². The minimum Gasteiger partial charge on any atom is -0.398 e. The van der Waals surface area contributed by atoms with Gasteiger partial charge in [-0.15, -0.1) is 0 Å². The summed E-state index contributed by atoms with van der Waals surface area (Å²) in [7, 11) is -1.51. The van der Waals surface area contributed by atoms with Crippen LogP contribution in [0, 0.1) is 0 Å². The Kier molecular flexibility index (Phi) is 4.76. The standard InChI is InChI=1S/C10H13ClN2O2S/c1-2-13-9(14)6-16(15)10-7(11)4-3-5-8(10)12/h3-5H,2,6,12H2,1H3,(H,13,14). The molecule has 0 fully saturated rings. The second-order valence-electron chi connectivity index (χ2n) is 3.10. The number of hydrogen-bond acceptors (Lipinski definition) is 3. The molecule has 0 saturated carbocycles. The SMILES string of the molecule is CCNC(=O)CS(=O)c1c(N)cccc1Cl. The molecule has 1 aromatic carbocycles. The molecule has 88 valence electrons. The molecule has 1 amide bonds. The van der Waals surface area contributed by atoms with Crippen LogP contribution in [0.5, 0.6) is 0 Å². The van der Waals surface area contributed by atoms with Crippen molar-refractivity contribution in [3.05, 3.63) is 23.2 Å². The Labute approximate surface area is 102 Å². The minimum absolute atomic E-state index is 0.123. The lowest BCUT2D eigenvalue weighted by Crippen LogP contribution is -2.28. The van der Waals surface area contributed by atoms with E-state index < -0.39 is 10.8 Å². The van der Waals surface area contributed by atoms with Gasteiger partial charge in [0.1, 0.15) is 5.75 Å². The van der Waals surface area contributed by atoms with Gasteiger partial charge in [0.05, 0.1) is 20.7 Å². The van der Waals surface area contributed by atoms with Gasteiger partial charge in [0, 0.05) is 12.2 Å². The third-order valence-corrected chi connectivity index (χ3v) is 3.72. The molecule has 0 spiro atoms. The van der Waals surface area contributed by atoms with E-state index in [1.54, 1.807) is 25.1 Å². The molecule has 0 radical (unpaired) electrons. The van der Waals surface area contributed by atoms with Crippen LogP contribution in [0.25, 0.3) is 0 Å². The Bertz CT molecular complexity index is 403. The van der Waals surface area contributed by atoms with Crippen LogP contribution < -0.4 is 11.1 Å². The van der Waals surface area contributed by atoms with Crippen molar-refractivity contribution in [1.82, 2.24) is 5.32 Å². The van der Waals surface area contributed by atoms with Crippen LogP contribution >= 0.6 is 11.6 Å². The summed E-state index contributed by atoms with van der Waals surface area (Å²) in [6.45, 7) is 2.30. The molecular formula is C10H13ClN2O2S. The van der Waals surface area contributed by atoms with Gasteiger partial charge in [0.2, 0.25) is 5.91 Å². The van der Waals surface area contributed by atoms with Gasteiger partial charge in [-0.25, -0.2) is 0 Å². The largest absolute Gasteiger partial charge is 0.398 e. The lowest BCUT2D eigenvalue weighted by Gasteiger charge is -2.07. The molecule has 0 heterocycles. The molecule has 0 saturated heterocycles. The van der Waals surface area contributed by atoms with E-state index in [1.807, 2.05) is 0 Å². The van der Waals surface area contributed by atoms with Crippen molar-refractivity contribution in [2.24, 2.45) is 0 Å². The Morgan fingerprint density at radius 3 is 2.81 bits per heavy atom. The van der Waals surface area contributed by atoms with Gasteiger partial charge in [0.25, 0.3) is 0 Å². The van der Waals surface area contributed by atoms with Crippen LogP contribution in [0.2, 0.25) is 5.02 Å². The number of carbonyl (C=O) groups is 1. The van der Waals surface area contributed by atoms with E-state index >= 15 is 0 Å². The molecule has 1 atom stereocenters. The second kappa shape index (κ2) is 5.86. The Hall–Kier alpha value is -1.07. The molecule has 1 rings (SSSR count). The maximum Gasteiger partial charge on any atom is 0.232 e. The molecule has 6 heteroatoms. The van der Waals surface area contributed by atoms with Crippen molar-refractivity contribution in [3.63, 3.8) is 0 Å². The smallest absolute Gasteiger partial charge is 0.232 e. The molecule has 0 aliphatic heterocycles. The third kappa shape index (κ3) is 3.21. The molecule has 1 unspecified atom stereocenters. The predicted molar refractivity (Wildman–Crippen MR) is 65.8 cm³/mol. The van der Waals surface area contributed by atoms with Gasteiger partial charge in [-0.05, 0) is 19.1 Å². The summed E-state index contributed by atoms with van der Waals surface area (Å²) in [5.74, 6) is -0.401. The van der Waals surface area contributed by atoms with Crippen molar-refractivity contribution in [2.75, 3.05) is 18.0 Å². The average molecular weight is 261 g/mol. The van der Waals surface area contributed by atoms with Crippen LogP contribution in [0.4, 0.5) is 5.69 Å². The first-order chi connectivity index (χ1) is 7.56. The molecule has 0 aromatic heterocycles. The predicted octanol–water partition coefficient (Wildman–Crippen LogP) is 1.17. The van der Waals surface area contributed by atoms with Gasteiger partial charge < -0.3 is 11.1 Å². The summed E-state index contributed by atoms with van der Waals surface area (Å²) < 4.78 is 11.9. The maximum absolute atomic E-state index is 11.9. The minimum atomic E-state index is -1.51. The van der Waals surface area contributed by atoms with Crippen LogP contribution in [-0.4, -0.2) is 22.4 Å². The van der Waals surface area contributed by atoms with Crippen LogP contribution in [-0.2, 0) is 15.6 Å². The summed E-state index contributed by atoms with van der Waals surface area (Å²) >= 11 is 5.88. The normalized spacial score (nSPS) is 12.1. The summed E-state index contributed by atoms with van der Waals surface area (Å²) in [4.78, 5) is 11.6. The summed E-state index contributed by atoms with van der Waals surface area (Å²) in [5, 5.41) is 2.89. The van der Waals surface area contributed by atoms with Crippen molar-refractivity contribution >= 4 is 34.0 Å². The quantitative estimate of drug-likeness (QED) is 0.798. The number of benzene rings is 1. The van der Waals surface area contributed by atoms with E-state index in [2.05, 4.69) is 5.32 Å². The van der Waals surface area contributed by atoms with E-state index in [4.69, 9.17) is 17.3 Å². The highest BCUT2D eigenvalue weighted by molar-refractivity contribution is 7.86. The number of nitrogens with one attached hydrogen (secondary N) is 1. The molecule has 0 aliphatic rings. The molecule has 0 bridgehead atoms. The summed E-state index contributed by atoms with van der Waals surface area (Å²) in [6, 6.07) is 4.88. The van der Waals surface area contributed by atoms with Crippen LogP contribution in [0.15, 0.2) is 23.1 Å². The number of carbonyl (C=O) groups excluding carboxylic acids is 1. The maximum atomic E-state index is 11.9. The van der Waals surface area contributed by atoms with Gasteiger partial charge in [0.15, 0.2) is 0 Å². The van der Waals surface area contributed by atoms with Crippen molar-refractivity contribution in [1.29, 1.82) is 0 Å². The lowest BCUT2D eigenvalue weighted by atomic mass is 10.3. The molecule has 1 aromatic rings. The van der Waals surface area contributed by atoms with Gasteiger partial charge >= 0.3 is 0 Å². The summed E-state index contributed by atoms with van der Waals surface area (Å²) in [6.07, 6.45) is 0. The van der Waals surface area contributed by atoms with Crippen LogP contribution in [0.3, 0.4) is 0 Å². The van der Waals surface area contributed by atoms with E-state index in [-0.39, 0.29) is 11.7 Å². The fourth-order valence-corrected chi connectivity index (χ4v) is 2.75. The van der Waals surface area contributed by atoms with E-state index in [1.165, 1.54) is 0 Å². The van der Waals surface area contributed by atoms with E-state index in [9.17, 15) is 9.00 Å². The Balaban J connectivity index is 2.85. The zero-order valence-electron chi connectivity index (χ0n) is 8.83. The zero-order valence-corrected chi connectivity index (χ0v) is 10.4. The first-order valence-corrected chi connectivity index (χ1v) is 6.45. The third-order valence-electron chi connectivity index (χ3n) is 1.86. The Morgan fingerprint density at radius 2 is 2.25 bits per heavy atom. The topological polar surface area (TPSA) is 72.2 Å². The molecular weight excluding hydrogens is 248 g/mol. The number of nitrogens with two attached hydrogens (primary N) is 1. The van der Waals surface area contributed by atoms with Gasteiger partial charge in [-0.1, -0.05) is 17.7 Å². The summed E-state index contributed by atoms with van der Waals surface area (Å²) in [5.41, 5.74) is 6.01. The average Bonchev–Trinajstić information content (AvgIpc) is 2.17. The fourth-order valence-electron chi connectivity index (χ4n) is 1.21. The lowest BCUT2D eigenvalue weighted by molar-refractivity contribution is -0.118. The van der Waals surface area contributed by atoms with Crippen LogP contribution in [0.1, 0.15) is 6.92 Å². The van der Waals surface area contributed by atoms with Crippen molar-refractivity contribution < 1.29 is 9.00 Å². The number of hydrogen-bond donors (Lipinski definition) is 2. The zero-order chi connectivity index (χ0) is 12.1. The number of anilines is 1. The molecule has 4 nitrogen and oxygen atoms in total. The molecule has 16 heavy (non-hydrogen) atoms. The first kappa shape index (κ1) is 13.0. The number of nitrogen functional groups attached to an aromatic ring is 1. The van der Waals surface area contributed by atoms with Gasteiger partial charge in [-0.2, -0.15) is 0 Å². The highest BCUT2D eigenvalue weighted by atomic mass is 35.5.